The van der Waals surface area contributed by atoms with E-state index in [2.05, 4.69) is 14.9 Å². The van der Waals surface area contributed by atoms with E-state index < -0.39 is 5.82 Å². The Morgan fingerprint density at radius 1 is 1.52 bits per heavy atom. The van der Waals surface area contributed by atoms with Crippen molar-refractivity contribution in [2.75, 3.05) is 0 Å². The maximum absolute atomic E-state index is 13.6. The quantitative estimate of drug-likeness (QED) is 0.902. The first-order valence-electron chi connectivity index (χ1n) is 7.75. The molecule has 0 bridgehead atoms. The van der Waals surface area contributed by atoms with Gasteiger partial charge in [0.1, 0.15) is 11.6 Å². The fourth-order valence-electron chi connectivity index (χ4n) is 2.97. The predicted octanol–water partition coefficient (Wildman–Crippen LogP) is 1.70. The largest absolute Gasteiger partial charge is 0.392 e. The van der Waals surface area contributed by atoms with Crippen molar-refractivity contribution in [3.05, 3.63) is 52.9 Å². The molecule has 2 heterocycles. The van der Waals surface area contributed by atoms with E-state index in [0.717, 1.165) is 18.7 Å². The molecular weight excluding hydrogens is 297 g/mol. The molecule has 0 unspecified atom stereocenters. The van der Waals surface area contributed by atoms with Crippen LogP contribution < -0.4 is 5.32 Å². The summed E-state index contributed by atoms with van der Waals surface area (Å²) in [6, 6.07) is 4.61. The van der Waals surface area contributed by atoms with E-state index in [4.69, 9.17) is 5.11 Å². The van der Waals surface area contributed by atoms with Crippen LogP contribution in [0.4, 0.5) is 4.39 Å². The van der Waals surface area contributed by atoms with Crippen LogP contribution in [0.1, 0.15) is 29.1 Å². The molecule has 0 radical (unpaired) electrons. The minimum Gasteiger partial charge on any atom is -0.392 e. The summed E-state index contributed by atoms with van der Waals surface area (Å²) in [6.45, 7) is 2.54. The Kier molecular flexibility index (Phi) is 4.43. The van der Waals surface area contributed by atoms with Crippen molar-refractivity contribution in [3.8, 4) is 0 Å². The number of amides is 1. The van der Waals surface area contributed by atoms with Crippen LogP contribution in [0, 0.1) is 18.7 Å². The van der Waals surface area contributed by atoms with E-state index >= 15 is 0 Å². The van der Waals surface area contributed by atoms with Crippen molar-refractivity contribution < 1.29 is 14.3 Å². The number of carbonyl (C=O) groups is 1. The average molecular weight is 317 g/mol. The van der Waals surface area contributed by atoms with Gasteiger partial charge in [0.15, 0.2) is 0 Å². The zero-order chi connectivity index (χ0) is 16.4. The number of hydrogen-bond acceptors (Lipinski definition) is 3. The molecule has 2 aromatic rings. The van der Waals surface area contributed by atoms with Gasteiger partial charge in [-0.1, -0.05) is 12.1 Å². The number of nitrogens with one attached hydrogen (secondary N) is 1. The van der Waals surface area contributed by atoms with Crippen LogP contribution in [-0.2, 0) is 30.9 Å². The Balaban J connectivity index is 1.60. The summed E-state index contributed by atoms with van der Waals surface area (Å²) in [7, 11) is 0. The van der Waals surface area contributed by atoms with Crippen LogP contribution in [0.25, 0.3) is 0 Å². The summed E-state index contributed by atoms with van der Waals surface area (Å²) in [5.41, 5.74) is 2.12. The highest BCUT2D eigenvalue weighted by molar-refractivity contribution is 5.78. The SMILES string of the molecule is Cc1ncc2n1C[C@@H](C(=O)NCc1ccc(CO)c(F)c1)CC2. The lowest BCUT2D eigenvalue weighted by Crippen LogP contribution is -2.35. The molecule has 6 heteroatoms. The molecule has 0 saturated heterocycles. The molecule has 23 heavy (non-hydrogen) atoms. The molecule has 1 aromatic heterocycles. The minimum atomic E-state index is -0.449. The van der Waals surface area contributed by atoms with Crippen molar-refractivity contribution in [1.29, 1.82) is 0 Å². The molecule has 122 valence electrons. The summed E-state index contributed by atoms with van der Waals surface area (Å²) in [4.78, 5) is 16.6. The molecule has 0 spiro atoms. The maximum Gasteiger partial charge on any atom is 0.225 e. The number of benzene rings is 1. The number of fused-ring (bicyclic) bond motifs is 1. The van der Waals surface area contributed by atoms with Gasteiger partial charge in [-0.2, -0.15) is 0 Å². The number of imidazole rings is 1. The molecule has 1 aliphatic rings. The van der Waals surface area contributed by atoms with Crippen molar-refractivity contribution in [2.24, 2.45) is 5.92 Å². The van der Waals surface area contributed by atoms with Gasteiger partial charge in [0.05, 0.1) is 12.5 Å². The van der Waals surface area contributed by atoms with Gasteiger partial charge in [0.25, 0.3) is 0 Å². The van der Waals surface area contributed by atoms with Crippen molar-refractivity contribution in [3.63, 3.8) is 0 Å². The number of aromatic nitrogens is 2. The Labute approximate surface area is 134 Å². The summed E-state index contributed by atoms with van der Waals surface area (Å²) in [5, 5.41) is 11.8. The maximum atomic E-state index is 13.6. The normalized spacial score (nSPS) is 16.9. The average Bonchev–Trinajstić information content (AvgIpc) is 2.93. The van der Waals surface area contributed by atoms with Gasteiger partial charge < -0.3 is 15.0 Å². The van der Waals surface area contributed by atoms with Crippen molar-refractivity contribution in [1.82, 2.24) is 14.9 Å². The number of rotatable bonds is 4. The van der Waals surface area contributed by atoms with E-state index in [9.17, 15) is 9.18 Å². The van der Waals surface area contributed by atoms with Gasteiger partial charge >= 0.3 is 0 Å². The molecule has 1 amide bonds. The number of hydrogen-bond donors (Lipinski definition) is 2. The van der Waals surface area contributed by atoms with Crippen LogP contribution in [-0.4, -0.2) is 20.6 Å². The molecule has 0 fully saturated rings. The third-order valence-electron chi connectivity index (χ3n) is 4.41. The zero-order valence-corrected chi connectivity index (χ0v) is 13.1. The summed E-state index contributed by atoms with van der Waals surface area (Å²) < 4.78 is 15.7. The third-order valence-corrected chi connectivity index (χ3v) is 4.41. The Morgan fingerprint density at radius 2 is 2.35 bits per heavy atom. The highest BCUT2D eigenvalue weighted by Gasteiger charge is 2.25. The third kappa shape index (κ3) is 3.27. The summed E-state index contributed by atoms with van der Waals surface area (Å²) in [6.07, 6.45) is 3.52. The lowest BCUT2D eigenvalue weighted by atomic mass is 9.97. The fraction of sp³-hybridized carbons (Fsp3) is 0.412. The zero-order valence-electron chi connectivity index (χ0n) is 13.1. The van der Waals surface area contributed by atoms with E-state index in [1.807, 2.05) is 13.1 Å². The van der Waals surface area contributed by atoms with Crippen LogP contribution >= 0.6 is 0 Å². The van der Waals surface area contributed by atoms with Crippen LogP contribution in [0.3, 0.4) is 0 Å². The highest BCUT2D eigenvalue weighted by atomic mass is 19.1. The Bertz CT molecular complexity index is 727. The molecule has 1 atom stereocenters. The van der Waals surface area contributed by atoms with Gasteiger partial charge in [0.2, 0.25) is 5.91 Å². The molecular formula is C17H20FN3O2. The van der Waals surface area contributed by atoms with E-state index in [0.29, 0.717) is 12.1 Å². The Morgan fingerprint density at radius 3 is 3.09 bits per heavy atom. The fourth-order valence-corrected chi connectivity index (χ4v) is 2.97. The highest BCUT2D eigenvalue weighted by Crippen LogP contribution is 2.21. The first-order chi connectivity index (χ1) is 11.1. The first kappa shape index (κ1) is 15.7. The Hall–Kier alpha value is -2.21. The van der Waals surface area contributed by atoms with Crippen molar-refractivity contribution >= 4 is 5.91 Å². The number of aliphatic hydroxyl groups excluding tert-OH is 1. The first-order valence-corrected chi connectivity index (χ1v) is 7.75. The molecule has 0 aliphatic carbocycles. The van der Waals surface area contributed by atoms with E-state index in [1.54, 1.807) is 12.1 Å². The van der Waals surface area contributed by atoms with Gasteiger partial charge in [-0.3, -0.25) is 4.79 Å². The van der Waals surface area contributed by atoms with Gasteiger partial charge in [-0.05, 0) is 31.4 Å². The topological polar surface area (TPSA) is 67.2 Å². The van der Waals surface area contributed by atoms with Crippen molar-refractivity contribution in [2.45, 2.75) is 39.5 Å². The summed E-state index contributed by atoms with van der Waals surface area (Å²) >= 11 is 0. The second-order valence-corrected chi connectivity index (χ2v) is 5.94. The van der Waals surface area contributed by atoms with Gasteiger partial charge in [0, 0.05) is 30.5 Å². The molecule has 1 aliphatic heterocycles. The standard InChI is InChI=1S/C17H20FN3O2/c1-11-19-8-15-5-4-13(9-21(11)15)17(23)20-7-12-2-3-14(10-22)16(18)6-12/h2-3,6,8,13,22H,4-5,7,9-10H2,1H3,(H,20,23)/t13-/m0/s1. The number of carbonyl (C=O) groups excluding carboxylic acids is 1. The van der Waals surface area contributed by atoms with Crippen LogP contribution in [0.5, 0.6) is 0 Å². The van der Waals surface area contributed by atoms with Gasteiger partial charge in [-0.15, -0.1) is 0 Å². The van der Waals surface area contributed by atoms with E-state index in [1.165, 1.54) is 11.8 Å². The van der Waals surface area contributed by atoms with Gasteiger partial charge in [-0.25, -0.2) is 9.37 Å². The molecule has 5 nitrogen and oxygen atoms in total. The van der Waals surface area contributed by atoms with Crippen LogP contribution in [0.15, 0.2) is 24.4 Å². The second-order valence-electron chi connectivity index (χ2n) is 5.94. The number of aryl methyl sites for hydroxylation is 2. The molecule has 2 N–H and O–H groups in total. The number of halogens is 1. The summed E-state index contributed by atoms with van der Waals surface area (Å²) in [5.74, 6) is 0.377. The van der Waals surface area contributed by atoms with E-state index in [-0.39, 0.29) is 30.5 Å². The molecule has 3 rings (SSSR count). The smallest absolute Gasteiger partial charge is 0.225 e. The minimum absolute atomic E-state index is 0.0182. The number of aliphatic hydroxyl groups is 1. The molecule has 0 saturated carbocycles. The molecule has 1 aromatic carbocycles. The monoisotopic (exact) mass is 317 g/mol. The predicted molar refractivity (Wildman–Crippen MR) is 82.9 cm³/mol. The van der Waals surface area contributed by atoms with Crippen LogP contribution in [0.2, 0.25) is 0 Å². The number of nitrogens with zero attached hydrogens (tertiary/aromatic N) is 2. The lowest BCUT2D eigenvalue weighted by molar-refractivity contribution is -0.126. The lowest BCUT2D eigenvalue weighted by Gasteiger charge is -2.24. The second kappa shape index (κ2) is 6.50.